The molecule has 0 radical (unpaired) electrons. The van der Waals surface area contributed by atoms with E-state index in [1.807, 2.05) is 12.1 Å². The third kappa shape index (κ3) is 5.44. The van der Waals surface area contributed by atoms with Crippen molar-refractivity contribution in [3.05, 3.63) is 76.6 Å². The van der Waals surface area contributed by atoms with E-state index in [0.29, 0.717) is 38.6 Å². The molecule has 5 nitrogen and oxygen atoms in total. The van der Waals surface area contributed by atoms with E-state index in [4.69, 9.17) is 16.7 Å². The molecule has 0 bridgehead atoms. The number of fused-ring (bicyclic) bond motifs is 1. The van der Waals surface area contributed by atoms with E-state index in [-0.39, 0.29) is 26.0 Å². The number of pyridine rings is 3. The lowest BCUT2D eigenvalue weighted by molar-refractivity contribution is 0.399. The van der Waals surface area contributed by atoms with Gasteiger partial charge in [0.15, 0.2) is 5.82 Å². The molecule has 3 heterocycles. The SMILES string of the molecule is CO.Cc1nc2cc(F)c(-c3ccc(P(C)C)nc3)nc2c(NCc2ccccc2F)c1Cl. The van der Waals surface area contributed by atoms with Gasteiger partial charge in [0, 0.05) is 37.0 Å². The summed E-state index contributed by atoms with van der Waals surface area (Å²) in [5, 5.41) is 10.5. The quantitative estimate of drug-likeness (QED) is 0.362. The monoisotopic (exact) mass is 488 g/mol. The molecule has 3 aromatic heterocycles. The molecule has 1 aromatic carbocycles. The maximum absolute atomic E-state index is 14.9. The van der Waals surface area contributed by atoms with Crippen molar-refractivity contribution in [3.8, 4) is 11.3 Å². The fourth-order valence-corrected chi connectivity index (χ4v) is 4.10. The van der Waals surface area contributed by atoms with Crippen LogP contribution in [0.15, 0.2) is 48.7 Å². The van der Waals surface area contributed by atoms with Gasteiger partial charge in [0.1, 0.15) is 17.0 Å². The van der Waals surface area contributed by atoms with Gasteiger partial charge in [0.25, 0.3) is 0 Å². The number of rotatable bonds is 5. The number of aromatic nitrogens is 3. The lowest BCUT2D eigenvalue weighted by atomic mass is 10.1. The standard InChI is InChI=1S/C23H20ClF2N4P.CH4O/c1-13-20(24)23(28-11-14-6-4-5-7-16(14)25)22-18(29-13)10-17(26)21(30-22)15-8-9-19(27-12-15)31(2)3;1-2/h4-10,12H,11H2,1-3H3,(H,28,29);2H,1H3. The van der Waals surface area contributed by atoms with Gasteiger partial charge in [-0.25, -0.2) is 18.7 Å². The molecule has 2 N–H and O–H groups in total. The third-order valence-electron chi connectivity index (χ3n) is 4.91. The molecule has 0 aliphatic heterocycles. The molecule has 0 aliphatic carbocycles. The molecule has 172 valence electrons. The van der Waals surface area contributed by atoms with Gasteiger partial charge in [-0.2, -0.15) is 0 Å². The predicted molar refractivity (Wildman–Crippen MR) is 133 cm³/mol. The molecular weight excluding hydrogens is 465 g/mol. The number of aryl methyl sites for hydroxylation is 1. The van der Waals surface area contributed by atoms with Gasteiger partial charge < -0.3 is 10.4 Å². The highest BCUT2D eigenvalue weighted by Gasteiger charge is 2.17. The lowest BCUT2D eigenvalue weighted by Gasteiger charge is -2.15. The number of anilines is 1. The Morgan fingerprint density at radius 3 is 2.39 bits per heavy atom. The summed E-state index contributed by atoms with van der Waals surface area (Å²) in [6, 6.07) is 11.5. The van der Waals surface area contributed by atoms with Crippen LogP contribution >= 0.6 is 19.5 Å². The van der Waals surface area contributed by atoms with E-state index in [1.54, 1.807) is 31.3 Å². The van der Waals surface area contributed by atoms with Gasteiger partial charge in [-0.3, -0.25) is 4.98 Å². The van der Waals surface area contributed by atoms with Crippen LogP contribution in [0.5, 0.6) is 0 Å². The van der Waals surface area contributed by atoms with Crippen LogP contribution in [-0.4, -0.2) is 40.5 Å². The normalized spacial score (nSPS) is 10.8. The van der Waals surface area contributed by atoms with Crippen molar-refractivity contribution in [2.24, 2.45) is 0 Å². The number of nitrogens with zero attached hydrogens (tertiary/aromatic N) is 3. The van der Waals surface area contributed by atoms with Gasteiger partial charge in [-0.15, -0.1) is 0 Å². The Morgan fingerprint density at radius 1 is 1.03 bits per heavy atom. The topological polar surface area (TPSA) is 70.9 Å². The summed E-state index contributed by atoms with van der Waals surface area (Å²) in [6.45, 7) is 6.15. The minimum absolute atomic E-state index is 0.166. The van der Waals surface area contributed by atoms with E-state index in [0.717, 1.165) is 12.5 Å². The van der Waals surface area contributed by atoms with Gasteiger partial charge in [0.05, 0.1) is 27.4 Å². The first-order valence-corrected chi connectivity index (χ1v) is 12.7. The number of aliphatic hydroxyl groups is 1. The minimum atomic E-state index is -0.494. The average Bonchev–Trinajstić information content (AvgIpc) is 2.82. The highest BCUT2D eigenvalue weighted by Crippen LogP contribution is 2.34. The van der Waals surface area contributed by atoms with E-state index in [2.05, 4.69) is 33.6 Å². The van der Waals surface area contributed by atoms with Gasteiger partial charge in [-0.1, -0.05) is 37.7 Å². The second-order valence-corrected chi connectivity index (χ2v) is 9.94. The Kier molecular flexibility index (Phi) is 8.25. The Bertz CT molecular complexity index is 1270. The second-order valence-electron chi connectivity index (χ2n) is 7.32. The summed E-state index contributed by atoms with van der Waals surface area (Å²) in [4.78, 5) is 13.4. The number of hydrogen-bond donors (Lipinski definition) is 2. The van der Waals surface area contributed by atoms with Crippen molar-refractivity contribution < 1.29 is 13.9 Å². The van der Waals surface area contributed by atoms with Gasteiger partial charge in [-0.05, 0) is 38.5 Å². The number of benzene rings is 1. The van der Waals surface area contributed by atoms with Crippen LogP contribution in [0.2, 0.25) is 5.02 Å². The third-order valence-corrected chi connectivity index (χ3v) is 6.55. The maximum atomic E-state index is 14.9. The molecule has 0 spiro atoms. The first-order valence-electron chi connectivity index (χ1n) is 10.1. The molecule has 0 saturated carbocycles. The molecule has 0 amide bonds. The van der Waals surface area contributed by atoms with Crippen LogP contribution in [0, 0.1) is 18.6 Å². The lowest BCUT2D eigenvalue weighted by Crippen LogP contribution is -2.07. The zero-order chi connectivity index (χ0) is 24.1. The molecule has 4 rings (SSSR count). The largest absolute Gasteiger partial charge is 0.400 e. The van der Waals surface area contributed by atoms with Gasteiger partial charge >= 0.3 is 0 Å². The summed E-state index contributed by atoms with van der Waals surface area (Å²) in [7, 11) is 0.651. The van der Waals surface area contributed by atoms with Crippen molar-refractivity contribution >= 4 is 41.7 Å². The van der Waals surface area contributed by atoms with Crippen LogP contribution in [-0.2, 0) is 6.54 Å². The van der Waals surface area contributed by atoms with Gasteiger partial charge in [0.2, 0.25) is 0 Å². The number of aliphatic hydroxyl groups excluding tert-OH is 1. The second kappa shape index (κ2) is 10.9. The summed E-state index contributed by atoms with van der Waals surface area (Å²) in [6.07, 6.45) is 1.63. The summed E-state index contributed by atoms with van der Waals surface area (Å²) < 4.78 is 29.0. The van der Waals surface area contributed by atoms with Crippen molar-refractivity contribution in [1.82, 2.24) is 15.0 Å². The Morgan fingerprint density at radius 2 is 1.76 bits per heavy atom. The minimum Gasteiger partial charge on any atom is -0.400 e. The molecule has 0 unspecified atom stereocenters. The summed E-state index contributed by atoms with van der Waals surface area (Å²) >= 11 is 6.51. The van der Waals surface area contributed by atoms with Crippen LogP contribution in [0.3, 0.4) is 0 Å². The fraction of sp³-hybridized carbons (Fsp3) is 0.208. The highest BCUT2D eigenvalue weighted by atomic mass is 35.5. The van der Waals surface area contributed by atoms with Crippen molar-refractivity contribution in [3.63, 3.8) is 0 Å². The van der Waals surface area contributed by atoms with Crippen LogP contribution in [0.1, 0.15) is 11.3 Å². The molecular formula is C24H24ClF2N4OP. The molecule has 0 fully saturated rings. The fourth-order valence-electron chi connectivity index (χ4n) is 3.24. The molecule has 0 saturated heterocycles. The van der Waals surface area contributed by atoms with E-state index < -0.39 is 5.82 Å². The zero-order valence-corrected chi connectivity index (χ0v) is 20.3. The smallest absolute Gasteiger partial charge is 0.151 e. The molecule has 9 heteroatoms. The first-order chi connectivity index (χ1) is 15.8. The zero-order valence-electron chi connectivity index (χ0n) is 18.7. The Balaban J connectivity index is 0.00000149. The maximum Gasteiger partial charge on any atom is 0.151 e. The van der Waals surface area contributed by atoms with Crippen LogP contribution in [0.25, 0.3) is 22.3 Å². The van der Waals surface area contributed by atoms with E-state index in [1.165, 1.54) is 12.1 Å². The highest BCUT2D eigenvalue weighted by molar-refractivity contribution is 7.63. The molecule has 4 aromatic rings. The molecule has 0 atom stereocenters. The van der Waals surface area contributed by atoms with Crippen molar-refractivity contribution in [2.75, 3.05) is 25.8 Å². The Labute approximate surface area is 197 Å². The number of nitrogens with one attached hydrogen (secondary N) is 1. The molecule has 0 aliphatic rings. The molecule has 33 heavy (non-hydrogen) atoms. The summed E-state index contributed by atoms with van der Waals surface area (Å²) in [5.74, 6) is -0.814. The van der Waals surface area contributed by atoms with Crippen molar-refractivity contribution in [2.45, 2.75) is 13.5 Å². The predicted octanol–water partition coefficient (Wildman–Crippen LogP) is 5.52. The van der Waals surface area contributed by atoms with Crippen LogP contribution < -0.4 is 10.8 Å². The van der Waals surface area contributed by atoms with Crippen LogP contribution in [0.4, 0.5) is 14.5 Å². The number of halogens is 3. The number of hydrogen-bond acceptors (Lipinski definition) is 5. The average molecular weight is 489 g/mol. The van der Waals surface area contributed by atoms with E-state index in [9.17, 15) is 8.78 Å². The Hall–Kier alpha value is -2.73. The van der Waals surface area contributed by atoms with E-state index >= 15 is 0 Å². The summed E-state index contributed by atoms with van der Waals surface area (Å²) in [5.41, 5.74) is 4.00. The van der Waals surface area contributed by atoms with Crippen molar-refractivity contribution in [1.29, 1.82) is 0 Å². The first kappa shape index (κ1) is 24.9.